The fraction of sp³-hybridized carbons (Fsp3) is 0.417. The van der Waals surface area contributed by atoms with Crippen LogP contribution in [0.3, 0.4) is 0 Å². The molecule has 3 heterocycles. The molecule has 202 valence electrons. The van der Waals surface area contributed by atoms with Gasteiger partial charge in [0.1, 0.15) is 11.8 Å². The number of fused-ring (bicyclic) bond motifs is 1. The predicted molar refractivity (Wildman–Crippen MR) is 147 cm³/mol. The van der Waals surface area contributed by atoms with Gasteiger partial charge in [-0.2, -0.15) is 9.97 Å². The summed E-state index contributed by atoms with van der Waals surface area (Å²) in [5, 5.41) is 2.99. The third-order valence-electron chi connectivity index (χ3n) is 5.83. The highest BCUT2D eigenvalue weighted by Gasteiger charge is 2.38. The standard InChI is InChI=1S/C24H30N7O5PS/c1-6-16-12-18(35-22(16)31-14-26-19-20(30(3)4)27-24(25)28-21(19)31)13-34-37(38,29-15(2)23(32)33-5)36-17-10-8-7-9-11-17/h1,7-11,14-16,18,22H,12-13H2,2-5H3,(H,29,38)(H2,25,27,28)/t15-,16+,18+,22-,37+/m1/s1. The molecule has 1 saturated heterocycles. The number of carbonyl (C=O) groups excluding carboxylic acids is 1. The quantitative estimate of drug-likeness (QED) is 0.214. The van der Waals surface area contributed by atoms with Crippen LogP contribution in [0, 0.1) is 18.3 Å². The monoisotopic (exact) mass is 559 g/mol. The average Bonchev–Trinajstić information content (AvgIpc) is 3.50. The van der Waals surface area contributed by atoms with Gasteiger partial charge in [-0.15, -0.1) is 6.42 Å². The Balaban J connectivity index is 1.54. The van der Waals surface area contributed by atoms with Crippen molar-refractivity contribution in [2.24, 2.45) is 5.92 Å². The maximum Gasteiger partial charge on any atom is 0.323 e. The molecule has 1 aromatic carbocycles. The lowest BCUT2D eigenvalue weighted by atomic mass is 10.0. The second kappa shape index (κ2) is 11.6. The van der Waals surface area contributed by atoms with E-state index in [1.165, 1.54) is 7.11 Å². The van der Waals surface area contributed by atoms with Gasteiger partial charge in [0.25, 0.3) is 0 Å². The van der Waals surface area contributed by atoms with E-state index in [1.807, 2.05) is 37.2 Å². The minimum atomic E-state index is -3.20. The molecule has 1 fully saturated rings. The lowest BCUT2D eigenvalue weighted by Crippen LogP contribution is -2.35. The summed E-state index contributed by atoms with van der Waals surface area (Å²) in [4.78, 5) is 27.0. The summed E-state index contributed by atoms with van der Waals surface area (Å²) < 4.78 is 25.0. The summed E-state index contributed by atoms with van der Waals surface area (Å²) in [6.07, 6.45) is 7.01. The van der Waals surface area contributed by atoms with E-state index in [-0.39, 0.29) is 18.5 Å². The second-order valence-corrected chi connectivity index (χ2v) is 12.0. The number of ether oxygens (including phenoxy) is 2. The number of imidazole rings is 1. The molecule has 3 aromatic rings. The highest BCUT2D eigenvalue weighted by molar-refractivity contribution is 8.09. The number of rotatable bonds is 10. The highest BCUT2D eigenvalue weighted by atomic mass is 32.5. The first-order chi connectivity index (χ1) is 18.1. The molecule has 3 N–H and O–H groups in total. The van der Waals surface area contributed by atoms with Gasteiger partial charge in [0.2, 0.25) is 5.95 Å². The van der Waals surface area contributed by atoms with Gasteiger partial charge in [0, 0.05) is 14.1 Å². The third-order valence-corrected chi connectivity index (χ3v) is 8.33. The van der Waals surface area contributed by atoms with Crippen LogP contribution in [-0.4, -0.2) is 65.4 Å². The maximum atomic E-state index is 12.1. The van der Waals surface area contributed by atoms with Crippen molar-refractivity contribution in [2.75, 3.05) is 38.4 Å². The number of methoxy groups -OCH3 is 1. The van der Waals surface area contributed by atoms with E-state index in [1.54, 1.807) is 30.0 Å². The number of nitrogens with one attached hydrogen (secondary N) is 1. The van der Waals surface area contributed by atoms with E-state index in [2.05, 4.69) is 26.0 Å². The normalized spacial score (nSPS) is 21.4. The van der Waals surface area contributed by atoms with Crippen molar-refractivity contribution in [2.45, 2.75) is 31.7 Å². The Bertz CT molecular complexity index is 1380. The Morgan fingerprint density at radius 1 is 1.39 bits per heavy atom. The number of benzene rings is 1. The number of nitrogens with two attached hydrogens (primary N) is 1. The van der Waals surface area contributed by atoms with E-state index in [9.17, 15) is 4.79 Å². The zero-order chi connectivity index (χ0) is 27.4. The van der Waals surface area contributed by atoms with Gasteiger partial charge in [-0.05, 0) is 37.3 Å². The molecule has 1 aliphatic rings. The number of anilines is 2. The Hall–Kier alpha value is -3.27. The third kappa shape index (κ3) is 6.06. The number of nitrogens with zero attached hydrogens (tertiary/aromatic N) is 5. The van der Waals surface area contributed by atoms with Crippen LogP contribution in [0.25, 0.3) is 11.2 Å². The van der Waals surface area contributed by atoms with E-state index in [4.69, 9.17) is 42.5 Å². The Morgan fingerprint density at radius 3 is 2.79 bits per heavy atom. The molecular weight excluding hydrogens is 529 g/mol. The van der Waals surface area contributed by atoms with Crippen LogP contribution in [0.15, 0.2) is 36.7 Å². The number of terminal acetylenes is 1. The molecule has 14 heteroatoms. The first-order valence-electron chi connectivity index (χ1n) is 11.8. The molecule has 0 unspecified atom stereocenters. The number of aromatic nitrogens is 4. The molecule has 1 aliphatic heterocycles. The molecule has 0 radical (unpaired) electrons. The van der Waals surface area contributed by atoms with Crippen molar-refractivity contribution >= 4 is 47.3 Å². The smallest absolute Gasteiger partial charge is 0.323 e. The van der Waals surface area contributed by atoms with E-state index in [0.29, 0.717) is 29.2 Å². The summed E-state index contributed by atoms with van der Waals surface area (Å²) in [6.45, 7) is -1.50. The predicted octanol–water partition coefficient (Wildman–Crippen LogP) is 2.48. The summed E-state index contributed by atoms with van der Waals surface area (Å²) in [5.41, 5.74) is 7.05. The van der Waals surface area contributed by atoms with E-state index < -0.39 is 31.0 Å². The topological polar surface area (TPSA) is 139 Å². The largest absolute Gasteiger partial charge is 0.468 e. The maximum absolute atomic E-state index is 12.1. The zero-order valence-electron chi connectivity index (χ0n) is 21.5. The molecule has 0 spiro atoms. The first kappa shape index (κ1) is 27.8. The molecule has 5 atom stereocenters. The van der Waals surface area contributed by atoms with Crippen LogP contribution in [0.5, 0.6) is 5.75 Å². The number of hydrogen-bond donors (Lipinski definition) is 2. The molecular formula is C24H30N7O5PS. The number of nitrogen functional groups attached to an aromatic ring is 1. The number of para-hydroxylation sites is 1. The minimum Gasteiger partial charge on any atom is -0.468 e. The molecule has 12 nitrogen and oxygen atoms in total. The Morgan fingerprint density at radius 2 is 2.13 bits per heavy atom. The van der Waals surface area contributed by atoms with Crippen LogP contribution in [0.2, 0.25) is 0 Å². The van der Waals surface area contributed by atoms with Gasteiger partial charge in [0.05, 0.1) is 32.1 Å². The Labute approximate surface area is 226 Å². The molecule has 2 aromatic heterocycles. The van der Waals surface area contributed by atoms with Gasteiger partial charge in [-0.3, -0.25) is 9.36 Å². The van der Waals surface area contributed by atoms with Gasteiger partial charge in [-0.1, -0.05) is 24.1 Å². The van der Waals surface area contributed by atoms with Crippen LogP contribution in [0.4, 0.5) is 11.8 Å². The van der Waals surface area contributed by atoms with Crippen molar-refractivity contribution in [1.82, 2.24) is 24.6 Å². The van der Waals surface area contributed by atoms with Crippen molar-refractivity contribution in [3.63, 3.8) is 0 Å². The number of esters is 1. The summed E-state index contributed by atoms with van der Waals surface area (Å²) in [7, 11) is 5.00. The van der Waals surface area contributed by atoms with Crippen molar-refractivity contribution < 1.29 is 23.3 Å². The second-order valence-electron chi connectivity index (χ2n) is 8.85. The fourth-order valence-electron chi connectivity index (χ4n) is 4.04. The van der Waals surface area contributed by atoms with Crippen molar-refractivity contribution in [1.29, 1.82) is 0 Å². The van der Waals surface area contributed by atoms with E-state index in [0.717, 1.165) is 0 Å². The molecule has 0 aliphatic carbocycles. The lowest BCUT2D eigenvalue weighted by molar-refractivity contribution is -0.142. The zero-order valence-corrected chi connectivity index (χ0v) is 23.2. The number of hydrogen-bond acceptors (Lipinski definition) is 11. The van der Waals surface area contributed by atoms with Crippen molar-refractivity contribution in [3.8, 4) is 18.1 Å². The average molecular weight is 560 g/mol. The molecule has 0 bridgehead atoms. The van der Waals surface area contributed by atoms with Gasteiger partial charge >= 0.3 is 12.6 Å². The summed E-state index contributed by atoms with van der Waals surface area (Å²) in [5.74, 6) is 3.22. The fourth-order valence-corrected chi connectivity index (χ4v) is 6.47. The molecule has 38 heavy (non-hydrogen) atoms. The van der Waals surface area contributed by atoms with E-state index >= 15 is 0 Å². The van der Waals surface area contributed by atoms with Crippen LogP contribution >= 0.6 is 6.64 Å². The van der Waals surface area contributed by atoms with Gasteiger partial charge < -0.3 is 29.2 Å². The van der Waals surface area contributed by atoms with Crippen LogP contribution in [0.1, 0.15) is 19.6 Å². The van der Waals surface area contributed by atoms with Crippen molar-refractivity contribution in [3.05, 3.63) is 36.7 Å². The van der Waals surface area contributed by atoms with Gasteiger partial charge in [0.15, 0.2) is 23.2 Å². The molecule has 0 saturated carbocycles. The SMILES string of the molecule is C#C[C@H]1C[C@@H](CO[P@@](=S)(N[C@H](C)C(=O)OC)Oc2ccccc2)O[C@H]1n1cnc2c(N(C)C)nc(N)nc21. The lowest BCUT2D eigenvalue weighted by Gasteiger charge is -2.27. The first-order valence-corrected chi connectivity index (χ1v) is 14.4. The molecule has 4 rings (SSSR count). The Kier molecular flexibility index (Phi) is 8.50. The van der Waals surface area contributed by atoms with Gasteiger partial charge in [-0.25, -0.2) is 10.1 Å². The summed E-state index contributed by atoms with van der Waals surface area (Å²) >= 11 is 5.75. The number of carbonyl (C=O) groups is 1. The minimum absolute atomic E-state index is 0.0758. The highest BCUT2D eigenvalue weighted by Crippen LogP contribution is 2.47. The van der Waals surface area contributed by atoms with Crippen LogP contribution in [-0.2, 0) is 30.6 Å². The molecule has 0 amide bonds. The van der Waals surface area contributed by atoms with Crippen LogP contribution < -0.4 is 20.2 Å². The summed E-state index contributed by atoms with van der Waals surface area (Å²) in [6, 6.07) is 8.24.